The van der Waals surface area contributed by atoms with E-state index in [1.54, 1.807) is 16.7 Å². The summed E-state index contributed by atoms with van der Waals surface area (Å²) in [5.74, 6) is -0.871. The summed E-state index contributed by atoms with van der Waals surface area (Å²) in [6, 6.07) is 0. The number of hydrogen-bond donors (Lipinski definition) is 0. The Bertz CT molecular complexity index is 893. The van der Waals surface area contributed by atoms with Crippen LogP contribution in [0.5, 0.6) is 0 Å². The van der Waals surface area contributed by atoms with E-state index in [-0.39, 0.29) is 42.6 Å². The highest BCUT2D eigenvalue weighted by Crippen LogP contribution is 2.60. The van der Waals surface area contributed by atoms with Crippen LogP contribution in [0.4, 0.5) is 4.79 Å². The molecule has 1 spiro atoms. The van der Waals surface area contributed by atoms with Crippen LogP contribution < -0.4 is 0 Å². The summed E-state index contributed by atoms with van der Waals surface area (Å²) >= 11 is 0. The molecule has 5 heterocycles. The van der Waals surface area contributed by atoms with Crippen LogP contribution in [0.25, 0.3) is 0 Å². The maximum Gasteiger partial charge on any atom is 0.409 e. The van der Waals surface area contributed by atoms with Gasteiger partial charge in [-0.15, -0.1) is 0 Å². The van der Waals surface area contributed by atoms with Gasteiger partial charge in [-0.05, 0) is 44.9 Å². The predicted octanol–water partition coefficient (Wildman–Crippen LogP) is 2.82. The van der Waals surface area contributed by atoms with E-state index in [1.165, 1.54) is 0 Å². The van der Waals surface area contributed by atoms with Gasteiger partial charge in [0.1, 0.15) is 0 Å². The maximum atomic E-state index is 12.8. The average Bonchev–Trinajstić information content (AvgIpc) is 3.11. The quantitative estimate of drug-likeness (QED) is 0.396. The lowest BCUT2D eigenvalue weighted by Crippen LogP contribution is -2.70. The molecule has 6 aliphatic rings. The molecule has 0 aromatic heterocycles. The average molecular weight is 525 g/mol. The Hall–Kier alpha value is -1.95. The molecule has 2 bridgehead atoms. The molecule has 0 N–H and O–H groups in total. The van der Waals surface area contributed by atoms with Crippen LogP contribution in [0, 0.1) is 23.7 Å². The molecule has 1 saturated carbocycles. The van der Waals surface area contributed by atoms with Crippen LogP contribution in [0.1, 0.15) is 66.2 Å². The topological polar surface area (TPSA) is 113 Å². The van der Waals surface area contributed by atoms with Crippen molar-refractivity contribution in [2.45, 2.75) is 90.2 Å². The molecule has 0 unspecified atom stereocenters. The molecule has 37 heavy (non-hydrogen) atoms. The number of hydrogen-bond acceptors (Lipinski definition) is 9. The van der Waals surface area contributed by atoms with Crippen molar-refractivity contribution in [3.05, 3.63) is 0 Å². The number of fused-ring (bicyclic) bond motifs is 2. The Labute approximate surface area is 217 Å². The highest BCUT2D eigenvalue weighted by molar-refractivity contribution is 5.81. The lowest BCUT2D eigenvalue weighted by molar-refractivity contribution is -0.576. The van der Waals surface area contributed by atoms with Gasteiger partial charge in [-0.1, -0.05) is 13.8 Å². The van der Waals surface area contributed by atoms with Gasteiger partial charge in [-0.3, -0.25) is 9.59 Å². The van der Waals surface area contributed by atoms with Crippen molar-refractivity contribution in [1.82, 2.24) is 9.80 Å². The number of amides is 2. The number of rotatable bonds is 5. The molecule has 8 atom stereocenters. The monoisotopic (exact) mass is 524 g/mol. The van der Waals surface area contributed by atoms with E-state index in [2.05, 4.69) is 6.92 Å². The first kappa shape index (κ1) is 26.6. The molecule has 0 aromatic carbocycles. The zero-order valence-electron chi connectivity index (χ0n) is 22.3. The fraction of sp³-hybridized carbons (Fsp3) is 0.885. The molecule has 2 amide bonds. The normalized spacial score (nSPS) is 41.0. The van der Waals surface area contributed by atoms with Crippen molar-refractivity contribution in [2.24, 2.45) is 23.7 Å². The van der Waals surface area contributed by atoms with Crippen molar-refractivity contribution in [3.63, 3.8) is 0 Å². The van der Waals surface area contributed by atoms with Gasteiger partial charge >= 0.3 is 12.1 Å². The van der Waals surface area contributed by atoms with Crippen LogP contribution in [0.2, 0.25) is 0 Å². The number of piperazine rings is 1. The lowest BCUT2D eigenvalue weighted by atomic mass is 9.58. The van der Waals surface area contributed by atoms with Crippen molar-refractivity contribution in [1.29, 1.82) is 0 Å². The van der Waals surface area contributed by atoms with E-state index in [9.17, 15) is 14.4 Å². The number of nitrogens with zero attached hydrogens (tertiary/aromatic N) is 2. The number of esters is 1. The van der Waals surface area contributed by atoms with E-state index in [1.807, 2.05) is 13.8 Å². The summed E-state index contributed by atoms with van der Waals surface area (Å²) in [6.45, 7) is 9.87. The van der Waals surface area contributed by atoms with Gasteiger partial charge in [0.05, 0.1) is 13.0 Å². The van der Waals surface area contributed by atoms with Crippen LogP contribution in [0.3, 0.4) is 0 Å². The second-order valence-electron chi connectivity index (χ2n) is 11.3. The van der Waals surface area contributed by atoms with Crippen molar-refractivity contribution >= 4 is 18.0 Å². The molecule has 6 fully saturated rings. The van der Waals surface area contributed by atoms with Gasteiger partial charge in [0.2, 0.25) is 18.0 Å². The molecule has 208 valence electrons. The minimum absolute atomic E-state index is 0.0399. The fourth-order valence-corrected chi connectivity index (χ4v) is 6.92. The molecule has 11 heteroatoms. The summed E-state index contributed by atoms with van der Waals surface area (Å²) < 4.78 is 23.4. The molecule has 0 aromatic rings. The molecular formula is C26H40N2O9. The smallest absolute Gasteiger partial charge is 0.409 e. The van der Waals surface area contributed by atoms with Gasteiger partial charge in [-0.25, -0.2) is 14.6 Å². The van der Waals surface area contributed by atoms with E-state index >= 15 is 0 Å². The van der Waals surface area contributed by atoms with Gasteiger partial charge in [-0.2, -0.15) is 0 Å². The van der Waals surface area contributed by atoms with Crippen LogP contribution in [-0.4, -0.2) is 84.5 Å². The van der Waals surface area contributed by atoms with E-state index in [4.69, 9.17) is 28.7 Å². The summed E-state index contributed by atoms with van der Waals surface area (Å²) in [7, 11) is 0. The maximum absolute atomic E-state index is 12.8. The molecule has 6 rings (SSSR count). The third-order valence-corrected chi connectivity index (χ3v) is 9.05. The predicted molar refractivity (Wildman–Crippen MR) is 127 cm³/mol. The number of carbonyl (C=O) groups excluding carboxylic acids is 3. The van der Waals surface area contributed by atoms with E-state index in [0.29, 0.717) is 45.1 Å². The first-order valence-electron chi connectivity index (χ1n) is 13.8. The van der Waals surface area contributed by atoms with Gasteiger partial charge in [0.25, 0.3) is 0 Å². The summed E-state index contributed by atoms with van der Waals surface area (Å²) in [5, 5.41) is 0. The molecule has 11 nitrogen and oxygen atoms in total. The Morgan fingerprint density at radius 1 is 0.946 bits per heavy atom. The van der Waals surface area contributed by atoms with E-state index in [0.717, 1.165) is 19.3 Å². The standard InChI is InChI=1S/C26H40N2O9/c1-5-32-24(31)28-14-12-27(13-15-28)20(29)8-9-21(30)33-22-17(3)19-7-6-16(2)18-10-11-25(4)35-23(34-22)26(18,19)37-36-25/h16-19,22-23H,5-15H2,1-4H3/t16-,17-,18-,19+,22-,23-,25+,26-/m1/s1. The molecule has 5 saturated heterocycles. The van der Waals surface area contributed by atoms with Crippen LogP contribution in [0.15, 0.2) is 0 Å². The zero-order valence-corrected chi connectivity index (χ0v) is 22.3. The molecule has 1 aliphatic carbocycles. The Kier molecular flexibility index (Phi) is 7.43. The van der Waals surface area contributed by atoms with Crippen molar-refractivity contribution in [2.75, 3.05) is 32.8 Å². The third-order valence-electron chi connectivity index (χ3n) is 9.05. The van der Waals surface area contributed by atoms with Crippen LogP contribution in [-0.2, 0) is 38.3 Å². The number of ether oxygens (including phenoxy) is 4. The highest BCUT2D eigenvalue weighted by atomic mass is 17.3. The zero-order chi connectivity index (χ0) is 26.4. The van der Waals surface area contributed by atoms with Crippen molar-refractivity contribution in [3.8, 4) is 0 Å². The SMILES string of the molecule is CCOC(=O)N1CCN(C(=O)CCC(=O)O[C@@H]2O[C@@H]3O[C@]4(C)CC[C@@H]5[C@H](C)CC[C@@H]([C@H]2C)[C@@]35OO4)CC1. The van der Waals surface area contributed by atoms with Gasteiger partial charge in [0, 0.05) is 50.9 Å². The largest absolute Gasteiger partial charge is 0.450 e. The van der Waals surface area contributed by atoms with Crippen molar-refractivity contribution < 1.29 is 43.1 Å². The first-order valence-corrected chi connectivity index (χ1v) is 13.8. The lowest BCUT2D eigenvalue weighted by Gasteiger charge is -2.59. The third kappa shape index (κ3) is 4.84. The summed E-state index contributed by atoms with van der Waals surface area (Å²) in [5.41, 5.74) is -0.711. The second kappa shape index (κ2) is 10.3. The molecule has 5 aliphatic heterocycles. The molecule has 0 radical (unpaired) electrons. The second-order valence-corrected chi connectivity index (χ2v) is 11.3. The minimum atomic E-state index is -0.892. The minimum Gasteiger partial charge on any atom is -0.450 e. The van der Waals surface area contributed by atoms with Crippen LogP contribution >= 0.6 is 0 Å². The summed E-state index contributed by atoms with van der Waals surface area (Å²) in [6.07, 6.45) is 1.79. The number of carbonyl (C=O) groups is 3. The van der Waals surface area contributed by atoms with E-state index < -0.39 is 29.9 Å². The Balaban J connectivity index is 1.16. The van der Waals surface area contributed by atoms with Gasteiger partial charge in [0.15, 0.2) is 11.9 Å². The Morgan fingerprint density at radius 3 is 2.41 bits per heavy atom. The molecular weight excluding hydrogens is 484 g/mol. The fourth-order valence-electron chi connectivity index (χ4n) is 6.92. The Morgan fingerprint density at radius 2 is 1.68 bits per heavy atom. The summed E-state index contributed by atoms with van der Waals surface area (Å²) in [4.78, 5) is 52.5. The van der Waals surface area contributed by atoms with Gasteiger partial charge < -0.3 is 28.7 Å². The first-order chi connectivity index (χ1) is 17.7. The highest BCUT2D eigenvalue weighted by Gasteiger charge is 2.69.